The lowest BCUT2D eigenvalue weighted by molar-refractivity contribution is 0.202. The molecule has 1 fully saturated rings. The molecule has 4 rings (SSSR count). The van der Waals surface area contributed by atoms with Gasteiger partial charge in [-0.3, -0.25) is 4.79 Å². The van der Waals surface area contributed by atoms with Gasteiger partial charge >= 0.3 is 0 Å². The Bertz CT molecular complexity index is 1140. The van der Waals surface area contributed by atoms with Crippen LogP contribution in [0.5, 0.6) is 11.5 Å². The Morgan fingerprint density at radius 3 is 2.52 bits per heavy atom. The number of hydrogen-bond acceptors (Lipinski definition) is 5. The van der Waals surface area contributed by atoms with Crippen LogP contribution < -0.4 is 20.3 Å². The minimum absolute atomic E-state index is 0.0619. The van der Waals surface area contributed by atoms with Crippen LogP contribution in [0, 0.1) is 0 Å². The summed E-state index contributed by atoms with van der Waals surface area (Å²) in [6.45, 7) is -0.0468. The van der Waals surface area contributed by atoms with Gasteiger partial charge in [0.2, 0.25) is 0 Å². The molecule has 0 amide bonds. The molecule has 3 aromatic rings. The number of halogens is 2. The highest BCUT2D eigenvalue weighted by Crippen LogP contribution is 2.41. The summed E-state index contributed by atoms with van der Waals surface area (Å²) in [5.41, 5.74) is 1.35. The molecule has 6 nitrogen and oxygen atoms in total. The van der Waals surface area contributed by atoms with Crippen LogP contribution in [-0.4, -0.2) is 29.5 Å². The molecule has 0 atom stereocenters. The van der Waals surface area contributed by atoms with Crippen LogP contribution in [0.3, 0.4) is 0 Å². The zero-order chi connectivity index (χ0) is 22.0. The van der Waals surface area contributed by atoms with Crippen molar-refractivity contribution in [1.29, 1.82) is 0 Å². The maximum absolute atomic E-state index is 13.0. The number of aliphatic hydroxyl groups is 1. The van der Waals surface area contributed by atoms with E-state index in [-0.39, 0.29) is 24.8 Å². The summed E-state index contributed by atoms with van der Waals surface area (Å²) in [5, 5.41) is 14.4. The molecule has 1 saturated carbocycles. The first kappa shape index (κ1) is 21.8. The second-order valence-corrected chi connectivity index (χ2v) is 8.32. The van der Waals surface area contributed by atoms with E-state index < -0.39 is 0 Å². The van der Waals surface area contributed by atoms with Crippen molar-refractivity contribution in [1.82, 2.24) is 4.57 Å². The van der Waals surface area contributed by atoms with Crippen LogP contribution in [0.4, 0.5) is 11.4 Å². The lowest BCUT2D eigenvalue weighted by atomic mass is 10.1. The van der Waals surface area contributed by atoms with Crippen LogP contribution in [0.25, 0.3) is 10.9 Å². The van der Waals surface area contributed by atoms with Gasteiger partial charge in [0.1, 0.15) is 0 Å². The van der Waals surface area contributed by atoms with Crippen molar-refractivity contribution in [2.45, 2.75) is 38.3 Å². The highest BCUT2D eigenvalue weighted by Gasteiger charge is 2.23. The number of anilines is 2. The SMILES string of the molecule is COc1ccc2c(Nc3c(Cl)cccc3Cl)cc(=O)n(CCO)c2c1OC1CCCC1. The molecule has 2 N–H and O–H groups in total. The fourth-order valence-electron chi connectivity index (χ4n) is 4.05. The van der Waals surface area contributed by atoms with Gasteiger partial charge in [0.05, 0.1) is 46.8 Å². The summed E-state index contributed by atoms with van der Waals surface area (Å²) in [7, 11) is 1.57. The van der Waals surface area contributed by atoms with E-state index in [9.17, 15) is 9.90 Å². The number of rotatable bonds is 7. The Morgan fingerprint density at radius 2 is 1.87 bits per heavy atom. The standard InChI is InChI=1S/C23H24Cl2N2O4/c1-30-19-10-9-15-18(26-21-16(24)7-4-8-17(21)25)13-20(29)27(11-12-28)22(15)23(19)31-14-5-2-3-6-14/h4,7-10,13-14,26,28H,2-3,5-6,11-12H2,1H3. The number of aromatic nitrogens is 1. The Labute approximate surface area is 190 Å². The maximum Gasteiger partial charge on any atom is 0.253 e. The van der Waals surface area contributed by atoms with E-state index in [0.29, 0.717) is 38.4 Å². The minimum Gasteiger partial charge on any atom is -0.493 e. The third kappa shape index (κ3) is 4.33. The van der Waals surface area contributed by atoms with Gasteiger partial charge in [0.15, 0.2) is 11.5 Å². The van der Waals surface area contributed by atoms with E-state index in [1.54, 1.807) is 25.3 Å². The van der Waals surface area contributed by atoms with Crippen LogP contribution >= 0.6 is 23.2 Å². The Morgan fingerprint density at radius 1 is 1.16 bits per heavy atom. The number of nitrogens with one attached hydrogen (secondary N) is 1. The molecule has 31 heavy (non-hydrogen) atoms. The van der Waals surface area contributed by atoms with Crippen molar-refractivity contribution in [3.8, 4) is 11.5 Å². The number of methoxy groups -OCH3 is 1. The predicted molar refractivity (Wildman–Crippen MR) is 124 cm³/mol. The van der Waals surface area contributed by atoms with E-state index in [1.807, 2.05) is 12.1 Å². The van der Waals surface area contributed by atoms with Crippen molar-refractivity contribution in [3.63, 3.8) is 0 Å². The van der Waals surface area contributed by atoms with Gasteiger partial charge in [-0.25, -0.2) is 0 Å². The molecule has 2 aromatic carbocycles. The number of pyridine rings is 1. The normalized spacial score (nSPS) is 14.2. The van der Waals surface area contributed by atoms with Crippen LogP contribution in [0.15, 0.2) is 41.2 Å². The third-order valence-electron chi connectivity index (χ3n) is 5.54. The average Bonchev–Trinajstić information content (AvgIpc) is 3.26. The summed E-state index contributed by atoms with van der Waals surface area (Å²) in [6.07, 6.45) is 4.19. The molecule has 1 aliphatic carbocycles. The lowest BCUT2D eigenvalue weighted by Gasteiger charge is -2.22. The van der Waals surface area contributed by atoms with Gasteiger partial charge < -0.3 is 24.5 Å². The second kappa shape index (κ2) is 9.39. The molecule has 0 bridgehead atoms. The number of hydrogen-bond donors (Lipinski definition) is 2. The van der Waals surface area contributed by atoms with E-state index in [0.717, 1.165) is 31.1 Å². The first-order valence-electron chi connectivity index (χ1n) is 10.3. The van der Waals surface area contributed by atoms with E-state index >= 15 is 0 Å². The Balaban J connectivity index is 1.94. The first-order valence-corrected chi connectivity index (χ1v) is 11.0. The summed E-state index contributed by atoms with van der Waals surface area (Å²) in [6, 6.07) is 10.4. The van der Waals surface area contributed by atoms with Crippen molar-refractivity contribution >= 4 is 45.5 Å². The summed E-state index contributed by atoms with van der Waals surface area (Å²) >= 11 is 12.7. The summed E-state index contributed by atoms with van der Waals surface area (Å²) < 4.78 is 13.4. The average molecular weight is 463 g/mol. The number of fused-ring (bicyclic) bond motifs is 1. The molecule has 0 aliphatic heterocycles. The molecule has 0 saturated heterocycles. The molecular formula is C23H24Cl2N2O4. The first-order chi connectivity index (χ1) is 15.0. The third-order valence-corrected chi connectivity index (χ3v) is 6.17. The summed E-state index contributed by atoms with van der Waals surface area (Å²) in [4.78, 5) is 13.0. The number of nitrogens with zero attached hydrogens (tertiary/aromatic N) is 1. The van der Waals surface area contributed by atoms with E-state index in [4.69, 9.17) is 32.7 Å². The highest BCUT2D eigenvalue weighted by atomic mass is 35.5. The predicted octanol–water partition coefficient (Wildman–Crippen LogP) is 5.37. The molecule has 0 unspecified atom stereocenters. The van der Waals surface area contributed by atoms with Gasteiger partial charge in [-0.15, -0.1) is 0 Å². The van der Waals surface area contributed by atoms with Crippen LogP contribution in [-0.2, 0) is 6.54 Å². The van der Waals surface area contributed by atoms with Gasteiger partial charge in [-0.2, -0.15) is 0 Å². The topological polar surface area (TPSA) is 72.7 Å². The van der Waals surface area contributed by atoms with Gasteiger partial charge in [0.25, 0.3) is 5.56 Å². The Kier molecular flexibility index (Phi) is 6.60. The van der Waals surface area contributed by atoms with Crippen molar-refractivity contribution in [2.24, 2.45) is 0 Å². The number of para-hydroxylation sites is 1. The van der Waals surface area contributed by atoms with Crippen LogP contribution in [0.2, 0.25) is 10.0 Å². The summed E-state index contributed by atoms with van der Waals surface area (Å²) in [5.74, 6) is 1.05. The number of ether oxygens (including phenoxy) is 2. The largest absolute Gasteiger partial charge is 0.493 e. The molecule has 0 radical (unpaired) electrons. The monoisotopic (exact) mass is 462 g/mol. The molecule has 8 heteroatoms. The molecule has 1 heterocycles. The van der Waals surface area contributed by atoms with Crippen molar-refractivity contribution < 1.29 is 14.6 Å². The molecule has 1 aromatic heterocycles. The number of aliphatic hydroxyl groups excluding tert-OH is 1. The quantitative estimate of drug-likeness (QED) is 0.493. The zero-order valence-corrected chi connectivity index (χ0v) is 18.7. The Hall–Kier alpha value is -2.41. The van der Waals surface area contributed by atoms with Gasteiger partial charge in [-0.1, -0.05) is 29.3 Å². The molecule has 1 aliphatic rings. The van der Waals surface area contributed by atoms with Gasteiger partial charge in [-0.05, 0) is 49.9 Å². The van der Waals surface area contributed by atoms with Crippen LogP contribution in [0.1, 0.15) is 25.7 Å². The minimum atomic E-state index is -0.281. The fraction of sp³-hybridized carbons (Fsp3) is 0.348. The zero-order valence-electron chi connectivity index (χ0n) is 17.2. The highest BCUT2D eigenvalue weighted by molar-refractivity contribution is 6.39. The maximum atomic E-state index is 13.0. The molecule has 164 valence electrons. The second-order valence-electron chi connectivity index (χ2n) is 7.51. The fourth-order valence-corrected chi connectivity index (χ4v) is 4.54. The lowest BCUT2D eigenvalue weighted by Crippen LogP contribution is -2.23. The molecule has 0 spiro atoms. The van der Waals surface area contributed by atoms with E-state index in [2.05, 4.69) is 5.32 Å². The van der Waals surface area contributed by atoms with Gasteiger partial charge in [0, 0.05) is 18.0 Å². The number of benzene rings is 2. The van der Waals surface area contributed by atoms with E-state index in [1.165, 1.54) is 10.6 Å². The van der Waals surface area contributed by atoms with Crippen molar-refractivity contribution in [3.05, 3.63) is 56.8 Å². The van der Waals surface area contributed by atoms with Crippen molar-refractivity contribution in [2.75, 3.05) is 19.0 Å². The molecular weight excluding hydrogens is 439 g/mol. The smallest absolute Gasteiger partial charge is 0.253 e.